The van der Waals surface area contributed by atoms with Gasteiger partial charge in [-0.3, -0.25) is 9.59 Å². The maximum atomic E-state index is 12.0. The molecule has 2 heterocycles. The van der Waals surface area contributed by atoms with E-state index in [4.69, 9.17) is 25.2 Å². The molecule has 0 saturated heterocycles. The number of aliphatic hydroxyl groups is 2. The van der Waals surface area contributed by atoms with Crippen LogP contribution in [0.2, 0.25) is 0 Å². The fourth-order valence-corrected chi connectivity index (χ4v) is 6.68. The third-order valence-corrected chi connectivity index (χ3v) is 8.64. The molecule has 11 heteroatoms. The second-order valence-corrected chi connectivity index (χ2v) is 12.0. The molecule has 43 heavy (non-hydrogen) atoms. The summed E-state index contributed by atoms with van der Waals surface area (Å²) >= 11 is 0. The number of nitrogens with zero attached hydrogens (tertiary/aromatic N) is 1. The first-order chi connectivity index (χ1) is 20.2. The van der Waals surface area contributed by atoms with E-state index in [2.05, 4.69) is 73.4 Å². The van der Waals surface area contributed by atoms with E-state index in [1.165, 1.54) is 22.2 Å². The molecule has 1 saturated carbocycles. The van der Waals surface area contributed by atoms with Gasteiger partial charge in [0.25, 0.3) is 0 Å². The van der Waals surface area contributed by atoms with Crippen LogP contribution in [0.4, 0.5) is 0 Å². The number of aromatic nitrogens is 1. The number of ether oxygens (including phenoxy) is 1. The Morgan fingerprint density at radius 1 is 1.00 bits per heavy atom. The predicted molar refractivity (Wildman–Crippen MR) is 158 cm³/mol. The minimum Gasteiger partial charge on any atom is -0.481 e. The fourth-order valence-electron chi connectivity index (χ4n) is 6.68. The number of hydrogen-bond donors (Lipinski definition) is 6. The summed E-state index contributed by atoms with van der Waals surface area (Å²) < 4.78 is 6.57. The van der Waals surface area contributed by atoms with Gasteiger partial charge in [0.15, 0.2) is 5.60 Å². The van der Waals surface area contributed by atoms with Crippen molar-refractivity contribution in [2.45, 2.75) is 62.3 Å². The molecule has 3 aromatic rings. The number of para-hydroxylation sites is 1. The Hall–Kier alpha value is -3.77. The summed E-state index contributed by atoms with van der Waals surface area (Å²) in [5.41, 5.74) is 2.15. The van der Waals surface area contributed by atoms with Crippen LogP contribution < -0.4 is 0 Å². The van der Waals surface area contributed by atoms with E-state index >= 15 is 0 Å². The van der Waals surface area contributed by atoms with Crippen molar-refractivity contribution in [3.05, 3.63) is 70.9 Å². The van der Waals surface area contributed by atoms with E-state index in [1.807, 2.05) is 6.07 Å². The lowest BCUT2D eigenvalue weighted by molar-refractivity contribution is -0.170. The number of H-pyrrole nitrogens is 1. The average molecular weight is 597 g/mol. The fraction of sp³-hybridized carbons (Fsp3) is 0.469. The molecular formula is C32H40N2O9. The number of carbonyl (C=O) groups is 3. The number of aryl methyl sites for hydroxylation is 1. The molecule has 3 atom stereocenters. The number of nitrogens with one attached hydrogen (secondary N) is 1. The smallest absolute Gasteiger partial charge is 0.336 e. The Bertz CT molecular complexity index is 1480. The lowest BCUT2D eigenvalue weighted by atomic mass is 9.63. The minimum atomic E-state index is -2.74. The summed E-state index contributed by atoms with van der Waals surface area (Å²) in [4.78, 5) is 36.4. The summed E-state index contributed by atoms with van der Waals surface area (Å²) in [6.07, 6.45) is 0.993. The molecule has 1 aromatic heterocycles. The highest BCUT2D eigenvalue weighted by atomic mass is 16.5. The van der Waals surface area contributed by atoms with Crippen molar-refractivity contribution in [2.75, 3.05) is 27.2 Å². The van der Waals surface area contributed by atoms with E-state index in [9.17, 15) is 19.5 Å². The second-order valence-electron chi connectivity index (χ2n) is 12.0. The van der Waals surface area contributed by atoms with E-state index in [1.54, 1.807) is 0 Å². The van der Waals surface area contributed by atoms with Gasteiger partial charge in [-0.05, 0) is 69.5 Å². The van der Waals surface area contributed by atoms with E-state index in [-0.39, 0.29) is 11.5 Å². The predicted octanol–water partition coefficient (Wildman–Crippen LogP) is 3.25. The molecule has 0 bridgehead atoms. The Balaban J connectivity index is 0.000000277. The number of benzene rings is 2. The van der Waals surface area contributed by atoms with Gasteiger partial charge in [0, 0.05) is 23.4 Å². The van der Waals surface area contributed by atoms with Crippen molar-refractivity contribution >= 4 is 28.8 Å². The number of hydrogen-bond acceptors (Lipinski definition) is 7. The number of carboxylic acids is 3. The minimum absolute atomic E-state index is 0.0831. The molecule has 1 aliphatic heterocycles. The highest BCUT2D eigenvalue weighted by Gasteiger charge is 2.53. The average Bonchev–Trinajstić information content (AvgIpc) is 3.31. The maximum Gasteiger partial charge on any atom is 0.336 e. The van der Waals surface area contributed by atoms with Crippen LogP contribution in [0, 0.1) is 12.8 Å². The summed E-state index contributed by atoms with van der Waals surface area (Å²) in [7, 11) is 4.19. The van der Waals surface area contributed by atoms with Gasteiger partial charge < -0.3 is 40.2 Å². The molecular weight excluding hydrogens is 556 g/mol. The number of fused-ring (bicyclic) bond motifs is 4. The zero-order valence-corrected chi connectivity index (χ0v) is 24.7. The van der Waals surface area contributed by atoms with Crippen LogP contribution in [0.5, 0.6) is 0 Å². The Morgan fingerprint density at radius 3 is 2.23 bits per heavy atom. The third-order valence-electron chi connectivity index (χ3n) is 8.64. The SMILES string of the molecule is Cc1ccccc1C1(O)CCC2(CC1CN(C)C)OCCc1c2[nH]c2ccccc12.O=C(O)CC(O)(CC(=O)O)C(=O)O. The Morgan fingerprint density at radius 2 is 1.63 bits per heavy atom. The van der Waals surface area contributed by atoms with Crippen molar-refractivity contribution in [1.29, 1.82) is 0 Å². The molecule has 232 valence electrons. The standard InChI is InChI=1S/C26H32N2O2.C6H8O7/c1-18-8-4-6-10-22(18)26(29)14-13-25(16-19(26)17-28(2)3)24-21(12-15-30-25)20-9-5-7-11-23(20)27-24;7-3(8)1-6(13,5(11)12)2-4(9)10/h4-11,19,27,29H,12-17H2,1-3H3;13H,1-2H2,(H,7,8)(H,9,10)(H,11,12). The zero-order valence-electron chi connectivity index (χ0n) is 24.7. The first-order valence-corrected chi connectivity index (χ1v) is 14.3. The van der Waals surface area contributed by atoms with Gasteiger partial charge in [-0.15, -0.1) is 0 Å². The van der Waals surface area contributed by atoms with Gasteiger partial charge in [-0.2, -0.15) is 0 Å². The van der Waals surface area contributed by atoms with Crippen LogP contribution in [-0.2, 0) is 36.7 Å². The quantitative estimate of drug-likeness (QED) is 0.226. The van der Waals surface area contributed by atoms with Crippen LogP contribution in [-0.4, -0.2) is 86.2 Å². The number of carboxylic acid groups (broad SMARTS) is 3. The molecule has 2 aliphatic rings. The number of aromatic amines is 1. The molecule has 11 nitrogen and oxygen atoms in total. The molecule has 1 fully saturated rings. The number of aliphatic carboxylic acids is 3. The van der Waals surface area contributed by atoms with Crippen LogP contribution >= 0.6 is 0 Å². The first kappa shape index (κ1) is 32.2. The Labute approximate surface area is 249 Å². The molecule has 1 spiro atoms. The molecule has 1 aliphatic carbocycles. The lowest BCUT2D eigenvalue weighted by Crippen LogP contribution is -2.52. The summed E-state index contributed by atoms with van der Waals surface area (Å²) in [5, 5.41) is 47.2. The topological polar surface area (TPSA) is 181 Å². The summed E-state index contributed by atoms with van der Waals surface area (Å²) in [6.45, 7) is 3.68. The lowest BCUT2D eigenvalue weighted by Gasteiger charge is -2.51. The van der Waals surface area contributed by atoms with Gasteiger partial charge in [0.1, 0.15) is 5.60 Å². The number of rotatable bonds is 8. The van der Waals surface area contributed by atoms with Crippen LogP contribution in [0.15, 0.2) is 48.5 Å². The van der Waals surface area contributed by atoms with Crippen molar-refractivity contribution < 1.29 is 44.7 Å². The van der Waals surface area contributed by atoms with Crippen molar-refractivity contribution in [3.8, 4) is 0 Å². The second kappa shape index (κ2) is 12.5. The van der Waals surface area contributed by atoms with Crippen molar-refractivity contribution in [3.63, 3.8) is 0 Å². The third kappa shape index (κ3) is 6.59. The van der Waals surface area contributed by atoms with E-state index < -0.39 is 42.0 Å². The van der Waals surface area contributed by atoms with E-state index in [0.717, 1.165) is 43.5 Å². The molecule has 2 aromatic carbocycles. The van der Waals surface area contributed by atoms with Gasteiger partial charge >= 0.3 is 17.9 Å². The van der Waals surface area contributed by atoms with Gasteiger partial charge in [-0.1, -0.05) is 42.5 Å². The highest BCUT2D eigenvalue weighted by molar-refractivity contribution is 5.88. The highest BCUT2D eigenvalue weighted by Crippen LogP contribution is 2.54. The molecule has 0 amide bonds. The van der Waals surface area contributed by atoms with Crippen LogP contribution in [0.1, 0.15) is 54.5 Å². The van der Waals surface area contributed by atoms with Gasteiger partial charge in [0.05, 0.1) is 30.7 Å². The monoisotopic (exact) mass is 596 g/mol. The largest absolute Gasteiger partial charge is 0.481 e. The van der Waals surface area contributed by atoms with Gasteiger partial charge in [0.2, 0.25) is 0 Å². The normalized spacial score (nSPS) is 23.4. The van der Waals surface area contributed by atoms with Crippen LogP contribution in [0.3, 0.4) is 0 Å². The van der Waals surface area contributed by atoms with Crippen molar-refractivity contribution in [2.24, 2.45) is 5.92 Å². The van der Waals surface area contributed by atoms with Crippen molar-refractivity contribution in [1.82, 2.24) is 9.88 Å². The molecule has 0 radical (unpaired) electrons. The summed E-state index contributed by atoms with van der Waals surface area (Å²) in [5.74, 6) is -4.94. The Kier molecular flexibility index (Phi) is 9.31. The van der Waals surface area contributed by atoms with E-state index in [0.29, 0.717) is 6.42 Å². The molecule has 3 unspecified atom stereocenters. The zero-order chi connectivity index (χ0) is 31.6. The maximum absolute atomic E-state index is 12.0. The molecule has 5 rings (SSSR count). The first-order valence-electron chi connectivity index (χ1n) is 14.3. The molecule has 6 N–H and O–H groups in total. The van der Waals surface area contributed by atoms with Gasteiger partial charge in [-0.25, -0.2) is 4.79 Å². The van der Waals surface area contributed by atoms with Crippen LogP contribution in [0.25, 0.3) is 10.9 Å². The summed E-state index contributed by atoms with van der Waals surface area (Å²) in [6, 6.07) is 16.9.